The number of amides is 2. The molecule has 0 bridgehead atoms. The zero-order valence-corrected chi connectivity index (χ0v) is 21.7. The lowest BCUT2D eigenvalue weighted by Crippen LogP contribution is -2.48. The van der Waals surface area contributed by atoms with Crippen molar-refractivity contribution in [3.8, 4) is 0 Å². The number of nitrogens with zero attached hydrogens (tertiary/aromatic N) is 1. The molecule has 2 amide bonds. The van der Waals surface area contributed by atoms with E-state index in [1.165, 1.54) is 24.3 Å². The fourth-order valence-corrected chi connectivity index (χ4v) is 5.90. The molecular weight excluding hydrogens is 495 g/mol. The molecule has 1 atom stereocenters. The van der Waals surface area contributed by atoms with Crippen LogP contribution in [0.3, 0.4) is 0 Å². The molecule has 0 spiro atoms. The smallest absolute Gasteiger partial charge is 0.326 e. The van der Waals surface area contributed by atoms with Crippen LogP contribution in [-0.2, 0) is 14.4 Å². The molecule has 1 heterocycles. The molecule has 1 aliphatic heterocycles. The number of hydrogen-bond acceptors (Lipinski definition) is 4. The summed E-state index contributed by atoms with van der Waals surface area (Å²) in [7, 11) is 0. The van der Waals surface area contributed by atoms with Crippen molar-refractivity contribution in [2.75, 3.05) is 19.3 Å². The third kappa shape index (κ3) is 7.15. The fraction of sp³-hybridized carbons (Fsp3) is 0.560. The molecule has 2 aliphatic rings. The van der Waals surface area contributed by atoms with Gasteiger partial charge < -0.3 is 15.3 Å². The summed E-state index contributed by atoms with van der Waals surface area (Å²) in [5.41, 5.74) is 0.671. The average molecular weight is 528 g/mol. The Balaban J connectivity index is 1.50. The van der Waals surface area contributed by atoms with Gasteiger partial charge in [-0.15, -0.1) is 11.8 Å². The van der Waals surface area contributed by atoms with Gasteiger partial charge in [-0.25, -0.2) is 4.79 Å². The first-order valence-corrected chi connectivity index (χ1v) is 13.8. The number of rotatable bonds is 8. The molecule has 2 fully saturated rings. The summed E-state index contributed by atoms with van der Waals surface area (Å²) in [6.07, 6.45) is 12.1. The van der Waals surface area contributed by atoms with Gasteiger partial charge in [0.05, 0.1) is 10.0 Å². The van der Waals surface area contributed by atoms with Gasteiger partial charge in [-0.2, -0.15) is 0 Å². The van der Waals surface area contributed by atoms with E-state index in [1.807, 2.05) is 18.4 Å². The number of carbonyl (C=O) groups is 3. The van der Waals surface area contributed by atoms with Gasteiger partial charge >= 0.3 is 5.97 Å². The molecule has 0 aromatic heterocycles. The van der Waals surface area contributed by atoms with Gasteiger partial charge in [0.2, 0.25) is 11.8 Å². The maximum Gasteiger partial charge on any atom is 0.326 e. The van der Waals surface area contributed by atoms with Crippen molar-refractivity contribution in [3.63, 3.8) is 0 Å². The Kier molecular flexibility index (Phi) is 10.2. The maximum atomic E-state index is 12.7. The molecule has 0 radical (unpaired) electrons. The molecule has 1 aromatic carbocycles. The quantitative estimate of drug-likeness (QED) is 0.344. The minimum Gasteiger partial charge on any atom is -0.480 e. The van der Waals surface area contributed by atoms with E-state index < -0.39 is 12.0 Å². The number of carbonyl (C=O) groups excluding carboxylic acids is 2. The molecule has 1 unspecified atom stereocenters. The highest BCUT2D eigenvalue weighted by atomic mass is 35.5. The van der Waals surface area contributed by atoms with Crippen LogP contribution in [0.15, 0.2) is 23.1 Å². The predicted molar refractivity (Wildman–Crippen MR) is 137 cm³/mol. The van der Waals surface area contributed by atoms with Crippen LogP contribution in [0.2, 0.25) is 10.0 Å². The van der Waals surface area contributed by atoms with Crippen molar-refractivity contribution >= 4 is 58.8 Å². The Labute approximate surface area is 215 Å². The number of piperidine rings is 1. The number of carboxylic acid groups (broad SMARTS) is 1. The van der Waals surface area contributed by atoms with E-state index in [0.717, 1.165) is 30.6 Å². The third-order valence-corrected chi connectivity index (χ3v) is 8.58. The Bertz CT molecular complexity index is 926. The second-order valence-electron chi connectivity index (χ2n) is 9.06. The minimum atomic E-state index is -0.971. The van der Waals surface area contributed by atoms with Crippen molar-refractivity contribution in [1.82, 2.24) is 10.2 Å². The summed E-state index contributed by atoms with van der Waals surface area (Å²) < 4.78 is 0. The summed E-state index contributed by atoms with van der Waals surface area (Å²) in [6, 6.07) is 2.85. The topological polar surface area (TPSA) is 86.7 Å². The number of carboxylic acids is 1. The number of benzene rings is 1. The minimum absolute atomic E-state index is 0.152. The van der Waals surface area contributed by atoms with Gasteiger partial charge in [0.15, 0.2) is 0 Å². The second kappa shape index (κ2) is 12.8. The van der Waals surface area contributed by atoms with E-state index in [0.29, 0.717) is 53.9 Å². The first-order chi connectivity index (χ1) is 16.3. The van der Waals surface area contributed by atoms with E-state index in [9.17, 15) is 19.5 Å². The van der Waals surface area contributed by atoms with Crippen molar-refractivity contribution in [2.24, 2.45) is 11.8 Å². The Hall–Kier alpha value is -1.70. The zero-order chi connectivity index (χ0) is 24.7. The van der Waals surface area contributed by atoms with Crippen LogP contribution in [0, 0.1) is 11.8 Å². The SMILES string of the molecule is CSc1ccc(/C=C/C(=O)N2CCC(C(=O)NC(CC3CCCCC3)C(=O)O)CC2)c(Cl)c1Cl. The Morgan fingerprint density at radius 2 is 1.79 bits per heavy atom. The van der Waals surface area contributed by atoms with E-state index in [2.05, 4.69) is 5.32 Å². The monoisotopic (exact) mass is 526 g/mol. The molecule has 186 valence electrons. The lowest BCUT2D eigenvalue weighted by Gasteiger charge is -2.32. The van der Waals surface area contributed by atoms with E-state index >= 15 is 0 Å². The number of halogens is 2. The number of likely N-dealkylation sites (tertiary alicyclic amines) is 1. The van der Waals surface area contributed by atoms with Crippen LogP contribution in [0.25, 0.3) is 6.08 Å². The highest BCUT2D eigenvalue weighted by Gasteiger charge is 2.31. The van der Waals surface area contributed by atoms with Crippen LogP contribution in [0.5, 0.6) is 0 Å². The van der Waals surface area contributed by atoms with E-state index in [-0.39, 0.29) is 17.7 Å². The van der Waals surface area contributed by atoms with Gasteiger partial charge in [0.25, 0.3) is 0 Å². The second-order valence-corrected chi connectivity index (χ2v) is 10.7. The summed E-state index contributed by atoms with van der Waals surface area (Å²) in [4.78, 5) is 39.7. The van der Waals surface area contributed by atoms with Crippen molar-refractivity contribution in [1.29, 1.82) is 0 Å². The molecule has 3 rings (SSSR count). The Morgan fingerprint density at radius 3 is 2.41 bits per heavy atom. The van der Waals surface area contributed by atoms with Crippen molar-refractivity contribution < 1.29 is 19.5 Å². The Morgan fingerprint density at radius 1 is 1.12 bits per heavy atom. The van der Waals surface area contributed by atoms with Crippen molar-refractivity contribution in [2.45, 2.75) is 62.3 Å². The molecule has 2 N–H and O–H groups in total. The van der Waals surface area contributed by atoms with Gasteiger partial charge in [-0.3, -0.25) is 9.59 Å². The first kappa shape index (κ1) is 26.9. The lowest BCUT2D eigenvalue weighted by atomic mass is 9.84. The summed E-state index contributed by atoms with van der Waals surface area (Å²) in [6.45, 7) is 0.892. The molecule has 6 nitrogen and oxygen atoms in total. The lowest BCUT2D eigenvalue weighted by molar-refractivity contribution is -0.143. The largest absolute Gasteiger partial charge is 0.480 e. The van der Waals surface area contributed by atoms with Crippen LogP contribution >= 0.6 is 35.0 Å². The molecule has 34 heavy (non-hydrogen) atoms. The molecule has 9 heteroatoms. The summed E-state index contributed by atoms with van der Waals surface area (Å²) >= 11 is 14.1. The van der Waals surface area contributed by atoms with E-state index in [4.69, 9.17) is 23.2 Å². The first-order valence-electron chi connectivity index (χ1n) is 11.8. The van der Waals surface area contributed by atoms with Gasteiger partial charge in [0.1, 0.15) is 6.04 Å². The molecule has 1 saturated carbocycles. The van der Waals surface area contributed by atoms with Crippen LogP contribution in [-0.4, -0.2) is 53.2 Å². The number of hydrogen-bond donors (Lipinski definition) is 2. The van der Waals surface area contributed by atoms with E-state index in [1.54, 1.807) is 11.0 Å². The summed E-state index contributed by atoms with van der Waals surface area (Å²) in [5, 5.41) is 13.2. The molecule has 1 aliphatic carbocycles. The van der Waals surface area contributed by atoms with Crippen LogP contribution in [0.1, 0.15) is 56.9 Å². The number of thioether (sulfide) groups is 1. The normalized spacial score (nSPS) is 18.7. The highest BCUT2D eigenvalue weighted by Crippen LogP contribution is 2.35. The van der Waals surface area contributed by atoms with Gasteiger partial charge in [-0.1, -0.05) is 61.4 Å². The van der Waals surface area contributed by atoms with Crippen LogP contribution < -0.4 is 5.32 Å². The molecule has 1 aromatic rings. The molecule has 1 saturated heterocycles. The predicted octanol–water partition coefficient (Wildman–Crippen LogP) is 5.51. The zero-order valence-electron chi connectivity index (χ0n) is 19.4. The maximum absolute atomic E-state index is 12.7. The fourth-order valence-electron chi connectivity index (χ4n) is 4.73. The molecular formula is C25H32Cl2N2O4S. The van der Waals surface area contributed by atoms with Crippen molar-refractivity contribution in [3.05, 3.63) is 33.8 Å². The number of nitrogens with one attached hydrogen (secondary N) is 1. The highest BCUT2D eigenvalue weighted by molar-refractivity contribution is 7.98. The summed E-state index contributed by atoms with van der Waals surface area (Å²) in [5.74, 6) is -1.27. The van der Waals surface area contributed by atoms with Gasteiger partial charge in [-0.05, 0) is 49.1 Å². The standard InChI is InChI=1S/C25H32Cl2N2O4S/c1-34-20-9-7-17(22(26)23(20)27)8-10-21(30)29-13-11-18(12-14-29)24(31)28-19(25(32)33)15-16-5-3-2-4-6-16/h7-10,16,18-19H,2-6,11-15H2,1H3,(H,28,31)(H,32,33)/b10-8+. The van der Waals surface area contributed by atoms with Gasteiger partial charge in [0, 0.05) is 30.0 Å². The number of aliphatic carboxylic acids is 1. The average Bonchev–Trinajstić information content (AvgIpc) is 2.85. The third-order valence-electron chi connectivity index (χ3n) is 6.79. The van der Waals surface area contributed by atoms with Crippen LogP contribution in [0.4, 0.5) is 0 Å².